The van der Waals surface area contributed by atoms with E-state index >= 15 is 0 Å². The molecule has 2 fully saturated rings. The molecule has 1 amide bonds. The van der Waals surface area contributed by atoms with Gasteiger partial charge in [0.2, 0.25) is 5.95 Å². The van der Waals surface area contributed by atoms with Crippen LogP contribution in [0.15, 0.2) is 60.8 Å². The molecule has 1 saturated carbocycles. The Balaban J connectivity index is 1.55. The number of carbonyl (C=O) groups is 1. The Hall–Kier alpha value is -2.93. The number of amides is 1. The summed E-state index contributed by atoms with van der Waals surface area (Å²) < 4.78 is 14.9. The first-order valence-corrected chi connectivity index (χ1v) is 12.7. The van der Waals surface area contributed by atoms with Crippen LogP contribution < -0.4 is 4.90 Å². The van der Waals surface area contributed by atoms with Crippen molar-refractivity contribution < 1.29 is 9.18 Å². The van der Waals surface area contributed by atoms with Crippen LogP contribution in [0.2, 0.25) is 0 Å². The first kappa shape index (κ1) is 21.9. The normalized spacial score (nSPS) is 16.3. The molecule has 0 unspecified atom stereocenters. The summed E-state index contributed by atoms with van der Waals surface area (Å²) in [6.45, 7) is 2.21. The van der Waals surface area contributed by atoms with Crippen LogP contribution in [0.1, 0.15) is 35.2 Å². The fourth-order valence-corrected chi connectivity index (χ4v) is 5.21. The van der Waals surface area contributed by atoms with Gasteiger partial charge in [-0.05, 0) is 37.0 Å². The van der Waals surface area contributed by atoms with E-state index in [-0.39, 0.29) is 17.8 Å². The maximum atomic E-state index is 14.9. The first-order chi connectivity index (χ1) is 16.2. The molecule has 0 radical (unpaired) electrons. The largest absolute Gasteiger partial charge is 0.339 e. The number of hydrogen-bond donors (Lipinski definition) is 0. The smallest absolute Gasteiger partial charge is 0.258 e. The number of rotatable bonds is 6. The topological polar surface area (TPSA) is 49.3 Å². The summed E-state index contributed by atoms with van der Waals surface area (Å²) in [5, 5.41) is 0. The molecule has 1 saturated heterocycles. The Morgan fingerprint density at radius 3 is 2.48 bits per heavy atom. The average Bonchev–Trinajstić information content (AvgIpc) is 2.83. The van der Waals surface area contributed by atoms with Gasteiger partial charge in [0, 0.05) is 48.9 Å². The Kier molecular flexibility index (Phi) is 6.58. The van der Waals surface area contributed by atoms with Crippen molar-refractivity contribution in [2.45, 2.75) is 31.8 Å². The lowest BCUT2D eigenvalue weighted by Gasteiger charge is -2.38. The number of thioether (sulfide) groups is 1. The van der Waals surface area contributed by atoms with Gasteiger partial charge in [-0.25, -0.2) is 14.4 Å². The highest BCUT2D eigenvalue weighted by Crippen LogP contribution is 2.32. The highest BCUT2D eigenvalue weighted by Gasteiger charge is 2.32. The van der Waals surface area contributed by atoms with Gasteiger partial charge in [-0.1, -0.05) is 42.5 Å². The minimum atomic E-state index is -0.386. The van der Waals surface area contributed by atoms with Gasteiger partial charge in [0.15, 0.2) is 0 Å². The predicted molar refractivity (Wildman–Crippen MR) is 131 cm³/mol. The summed E-state index contributed by atoms with van der Waals surface area (Å²) in [5.74, 6) is 2.05. The van der Waals surface area contributed by atoms with E-state index in [2.05, 4.69) is 9.88 Å². The summed E-state index contributed by atoms with van der Waals surface area (Å²) in [4.78, 5) is 27.2. The number of anilines is 1. The molecule has 33 heavy (non-hydrogen) atoms. The molecule has 0 atom stereocenters. The zero-order chi connectivity index (χ0) is 22.6. The minimum absolute atomic E-state index is 0.137. The maximum absolute atomic E-state index is 14.9. The van der Waals surface area contributed by atoms with E-state index in [0.29, 0.717) is 29.3 Å². The number of carbonyl (C=O) groups excluding carboxylic acids is 1. The first-order valence-electron chi connectivity index (χ1n) is 11.5. The summed E-state index contributed by atoms with van der Waals surface area (Å²) in [5.41, 5.74) is 2.15. The molecule has 1 aromatic heterocycles. The Morgan fingerprint density at radius 1 is 1.06 bits per heavy atom. The molecule has 5 nitrogen and oxygen atoms in total. The van der Waals surface area contributed by atoms with Crippen molar-refractivity contribution in [1.29, 1.82) is 0 Å². The quantitative estimate of drug-likeness (QED) is 0.514. The Morgan fingerprint density at radius 2 is 1.79 bits per heavy atom. The molecule has 1 aliphatic carbocycles. The van der Waals surface area contributed by atoms with Crippen LogP contribution in [-0.2, 0) is 6.54 Å². The van der Waals surface area contributed by atoms with Crippen molar-refractivity contribution in [1.82, 2.24) is 14.9 Å². The van der Waals surface area contributed by atoms with Gasteiger partial charge >= 0.3 is 0 Å². The average molecular weight is 463 g/mol. The van der Waals surface area contributed by atoms with E-state index in [9.17, 15) is 9.18 Å². The lowest BCUT2D eigenvalue weighted by Crippen LogP contribution is -2.44. The van der Waals surface area contributed by atoms with E-state index in [1.54, 1.807) is 24.4 Å². The van der Waals surface area contributed by atoms with Gasteiger partial charge in [0.25, 0.3) is 5.91 Å². The van der Waals surface area contributed by atoms with Crippen LogP contribution in [0.3, 0.4) is 0 Å². The number of nitrogens with zero attached hydrogens (tertiary/aromatic N) is 4. The van der Waals surface area contributed by atoms with E-state index < -0.39 is 0 Å². The van der Waals surface area contributed by atoms with Gasteiger partial charge in [-0.2, -0.15) is 11.8 Å². The third-order valence-corrected chi connectivity index (χ3v) is 7.34. The second-order valence-corrected chi connectivity index (χ2v) is 9.74. The van der Waals surface area contributed by atoms with Gasteiger partial charge in [-0.15, -0.1) is 0 Å². The van der Waals surface area contributed by atoms with Crippen LogP contribution >= 0.6 is 11.8 Å². The molecule has 2 heterocycles. The zero-order valence-electron chi connectivity index (χ0n) is 18.5. The van der Waals surface area contributed by atoms with E-state index in [4.69, 9.17) is 4.98 Å². The van der Waals surface area contributed by atoms with Crippen molar-refractivity contribution >= 4 is 23.6 Å². The molecule has 7 heteroatoms. The molecular formula is C26H27FN4OS. The van der Waals surface area contributed by atoms with Crippen molar-refractivity contribution in [3.63, 3.8) is 0 Å². The summed E-state index contributed by atoms with van der Waals surface area (Å²) in [6, 6.07) is 16.7. The lowest BCUT2D eigenvalue weighted by atomic mass is 9.90. The zero-order valence-corrected chi connectivity index (χ0v) is 19.3. The monoisotopic (exact) mass is 462 g/mol. The molecule has 0 spiro atoms. The summed E-state index contributed by atoms with van der Waals surface area (Å²) in [7, 11) is 0. The van der Waals surface area contributed by atoms with E-state index in [0.717, 1.165) is 49.4 Å². The Bertz CT molecular complexity index is 1120. The molecule has 2 aliphatic rings. The molecule has 0 N–H and O–H groups in total. The van der Waals surface area contributed by atoms with Crippen molar-refractivity contribution in [2.75, 3.05) is 29.5 Å². The lowest BCUT2D eigenvalue weighted by molar-refractivity contribution is 0.0557. The highest BCUT2D eigenvalue weighted by molar-refractivity contribution is 7.99. The van der Waals surface area contributed by atoms with Crippen molar-refractivity contribution in [3.8, 4) is 11.3 Å². The molecular weight excluding hydrogens is 435 g/mol. The highest BCUT2D eigenvalue weighted by atomic mass is 32.2. The number of benzene rings is 2. The number of hydrogen-bond acceptors (Lipinski definition) is 5. The van der Waals surface area contributed by atoms with Crippen molar-refractivity contribution in [3.05, 3.63) is 77.7 Å². The second-order valence-electron chi connectivity index (χ2n) is 8.51. The van der Waals surface area contributed by atoms with Crippen LogP contribution in [0, 0.1) is 5.82 Å². The fraction of sp³-hybridized carbons (Fsp3) is 0.346. The second kappa shape index (κ2) is 9.91. The number of halogens is 1. The molecule has 0 bridgehead atoms. The summed E-state index contributed by atoms with van der Waals surface area (Å²) in [6.07, 6.45) is 4.69. The fourth-order valence-electron chi connectivity index (χ4n) is 4.30. The molecule has 5 rings (SSSR count). The number of aromatic nitrogens is 2. The van der Waals surface area contributed by atoms with Crippen LogP contribution in [-0.4, -0.2) is 51.4 Å². The van der Waals surface area contributed by atoms with E-state index in [1.807, 2.05) is 47.0 Å². The van der Waals surface area contributed by atoms with Gasteiger partial charge in [0.05, 0.1) is 11.3 Å². The van der Waals surface area contributed by atoms with Crippen LogP contribution in [0.5, 0.6) is 0 Å². The third kappa shape index (κ3) is 4.74. The van der Waals surface area contributed by atoms with Crippen LogP contribution in [0.4, 0.5) is 10.3 Å². The van der Waals surface area contributed by atoms with Gasteiger partial charge in [0.1, 0.15) is 5.82 Å². The molecule has 170 valence electrons. The Labute approximate surface area is 198 Å². The third-order valence-electron chi connectivity index (χ3n) is 6.40. The van der Waals surface area contributed by atoms with Crippen molar-refractivity contribution in [2.24, 2.45) is 0 Å². The molecule has 3 aromatic rings. The van der Waals surface area contributed by atoms with E-state index in [1.165, 1.54) is 6.07 Å². The molecule has 1 aliphatic heterocycles. The van der Waals surface area contributed by atoms with Gasteiger partial charge < -0.3 is 9.80 Å². The predicted octanol–water partition coefficient (Wildman–Crippen LogP) is 5.03. The summed E-state index contributed by atoms with van der Waals surface area (Å²) >= 11 is 1.90. The maximum Gasteiger partial charge on any atom is 0.258 e. The minimum Gasteiger partial charge on any atom is -0.339 e. The standard InChI is InChI=1S/C26H27FN4OS/c27-23-12-5-4-11-21(23)24-22(17-28-26(29-24)30-13-15-33-16-14-30)25(32)31(20-9-6-10-20)18-19-7-2-1-3-8-19/h1-5,7-8,11-12,17,20H,6,9-10,13-16,18H2. The SMILES string of the molecule is O=C(c1cnc(N2CCSCC2)nc1-c1ccccc1F)N(Cc1ccccc1)C1CCC1. The van der Waals surface area contributed by atoms with Gasteiger partial charge in [-0.3, -0.25) is 4.79 Å². The molecule has 2 aromatic carbocycles. The van der Waals surface area contributed by atoms with Crippen LogP contribution in [0.25, 0.3) is 11.3 Å².